The van der Waals surface area contributed by atoms with Crippen LogP contribution in [0.5, 0.6) is 0 Å². The SMILES string of the molecule is C=COCCN1CC(C)C(=O)CC1C. The van der Waals surface area contributed by atoms with Crippen molar-refractivity contribution in [3.05, 3.63) is 12.8 Å². The van der Waals surface area contributed by atoms with E-state index in [9.17, 15) is 4.79 Å². The summed E-state index contributed by atoms with van der Waals surface area (Å²) in [6.45, 7) is 9.99. The topological polar surface area (TPSA) is 29.5 Å². The molecule has 3 nitrogen and oxygen atoms in total. The molecule has 0 radical (unpaired) electrons. The molecule has 0 amide bonds. The van der Waals surface area contributed by atoms with E-state index in [0.717, 1.165) is 13.1 Å². The van der Waals surface area contributed by atoms with Gasteiger partial charge in [-0.3, -0.25) is 9.69 Å². The lowest BCUT2D eigenvalue weighted by atomic mass is 9.94. The molecule has 1 aliphatic rings. The van der Waals surface area contributed by atoms with Crippen molar-refractivity contribution in [3.8, 4) is 0 Å². The molecule has 1 heterocycles. The predicted octanol–water partition coefficient (Wildman–Crippen LogP) is 1.45. The Balaban J connectivity index is 2.36. The lowest BCUT2D eigenvalue weighted by Gasteiger charge is -2.35. The molecule has 0 aromatic carbocycles. The van der Waals surface area contributed by atoms with Crippen LogP contribution >= 0.6 is 0 Å². The first-order valence-electron chi connectivity index (χ1n) is 5.14. The van der Waals surface area contributed by atoms with Gasteiger partial charge in [-0.2, -0.15) is 0 Å². The Kier molecular flexibility index (Phi) is 4.14. The van der Waals surface area contributed by atoms with Crippen molar-refractivity contribution >= 4 is 5.78 Å². The van der Waals surface area contributed by atoms with Gasteiger partial charge in [0.25, 0.3) is 0 Å². The van der Waals surface area contributed by atoms with Gasteiger partial charge in [0, 0.05) is 31.5 Å². The highest BCUT2D eigenvalue weighted by Crippen LogP contribution is 2.17. The van der Waals surface area contributed by atoms with E-state index in [1.807, 2.05) is 6.92 Å². The minimum Gasteiger partial charge on any atom is -0.500 e. The minimum absolute atomic E-state index is 0.176. The van der Waals surface area contributed by atoms with Crippen LogP contribution in [-0.4, -0.2) is 36.4 Å². The highest BCUT2D eigenvalue weighted by atomic mass is 16.5. The molecular weight excluding hydrogens is 178 g/mol. The fourth-order valence-electron chi connectivity index (χ4n) is 1.82. The average molecular weight is 197 g/mol. The van der Waals surface area contributed by atoms with Gasteiger partial charge in [0.05, 0.1) is 12.9 Å². The first-order chi connectivity index (χ1) is 6.65. The second kappa shape index (κ2) is 5.15. The summed E-state index contributed by atoms with van der Waals surface area (Å²) in [6, 6.07) is 0.354. The Morgan fingerprint density at radius 2 is 2.36 bits per heavy atom. The minimum atomic E-state index is 0.176. The van der Waals surface area contributed by atoms with Gasteiger partial charge in [0.1, 0.15) is 5.78 Å². The Morgan fingerprint density at radius 1 is 1.64 bits per heavy atom. The zero-order chi connectivity index (χ0) is 10.6. The van der Waals surface area contributed by atoms with Crippen LogP contribution in [0, 0.1) is 5.92 Å². The van der Waals surface area contributed by atoms with Crippen LogP contribution in [0.15, 0.2) is 12.8 Å². The average Bonchev–Trinajstić information content (AvgIpc) is 2.14. The van der Waals surface area contributed by atoms with Gasteiger partial charge < -0.3 is 4.74 Å². The number of hydrogen-bond acceptors (Lipinski definition) is 3. The standard InChI is InChI=1S/C11H19NO2/c1-4-14-6-5-12-8-9(2)11(13)7-10(12)3/h4,9-10H,1,5-8H2,2-3H3. The van der Waals surface area contributed by atoms with E-state index < -0.39 is 0 Å². The monoisotopic (exact) mass is 197 g/mol. The van der Waals surface area contributed by atoms with Crippen molar-refractivity contribution < 1.29 is 9.53 Å². The molecule has 2 unspecified atom stereocenters. The maximum Gasteiger partial charge on any atom is 0.138 e. The predicted molar refractivity (Wildman–Crippen MR) is 56.0 cm³/mol. The van der Waals surface area contributed by atoms with Crippen molar-refractivity contribution in [2.24, 2.45) is 5.92 Å². The summed E-state index contributed by atoms with van der Waals surface area (Å²) in [5.41, 5.74) is 0. The molecule has 0 aromatic heterocycles. The second-order valence-electron chi connectivity index (χ2n) is 3.95. The van der Waals surface area contributed by atoms with E-state index in [0.29, 0.717) is 24.9 Å². The number of likely N-dealkylation sites (tertiary alicyclic amines) is 1. The van der Waals surface area contributed by atoms with E-state index in [-0.39, 0.29) is 5.92 Å². The third-order valence-corrected chi connectivity index (χ3v) is 2.79. The molecule has 0 N–H and O–H groups in total. The Morgan fingerprint density at radius 3 is 3.00 bits per heavy atom. The van der Waals surface area contributed by atoms with Crippen LogP contribution in [-0.2, 0) is 9.53 Å². The van der Waals surface area contributed by atoms with Crippen molar-refractivity contribution in [3.63, 3.8) is 0 Å². The quantitative estimate of drug-likeness (QED) is 0.504. The highest BCUT2D eigenvalue weighted by Gasteiger charge is 2.28. The molecule has 80 valence electrons. The fraction of sp³-hybridized carbons (Fsp3) is 0.727. The van der Waals surface area contributed by atoms with Crippen molar-refractivity contribution in [2.45, 2.75) is 26.3 Å². The lowest BCUT2D eigenvalue weighted by Crippen LogP contribution is -2.46. The summed E-state index contributed by atoms with van der Waals surface area (Å²) in [5, 5.41) is 0. The normalized spacial score (nSPS) is 28.9. The third-order valence-electron chi connectivity index (χ3n) is 2.79. The zero-order valence-electron chi connectivity index (χ0n) is 9.03. The van der Waals surface area contributed by atoms with Gasteiger partial charge in [-0.1, -0.05) is 13.5 Å². The molecule has 14 heavy (non-hydrogen) atoms. The number of nitrogens with zero attached hydrogens (tertiary/aromatic N) is 1. The van der Waals surface area contributed by atoms with Crippen molar-refractivity contribution in [1.29, 1.82) is 0 Å². The molecule has 0 saturated carbocycles. The molecule has 1 aliphatic heterocycles. The van der Waals surface area contributed by atoms with E-state index >= 15 is 0 Å². The molecule has 1 saturated heterocycles. The third kappa shape index (κ3) is 2.84. The molecule has 0 spiro atoms. The smallest absolute Gasteiger partial charge is 0.138 e. The molecule has 0 aliphatic carbocycles. The highest BCUT2D eigenvalue weighted by molar-refractivity contribution is 5.82. The Hall–Kier alpha value is -0.830. The number of rotatable bonds is 4. The van der Waals surface area contributed by atoms with Crippen LogP contribution in [0.4, 0.5) is 0 Å². The van der Waals surface area contributed by atoms with E-state index in [1.165, 1.54) is 6.26 Å². The van der Waals surface area contributed by atoms with E-state index in [4.69, 9.17) is 4.74 Å². The Bertz CT molecular complexity index is 215. The van der Waals surface area contributed by atoms with Gasteiger partial charge in [-0.25, -0.2) is 0 Å². The van der Waals surface area contributed by atoms with Crippen LogP contribution in [0.3, 0.4) is 0 Å². The lowest BCUT2D eigenvalue weighted by molar-refractivity contribution is -0.127. The summed E-state index contributed by atoms with van der Waals surface area (Å²) < 4.78 is 5.08. The van der Waals surface area contributed by atoms with Gasteiger partial charge in [-0.05, 0) is 6.92 Å². The molecule has 0 bridgehead atoms. The summed E-state index contributed by atoms with van der Waals surface area (Å²) in [4.78, 5) is 13.7. The van der Waals surface area contributed by atoms with E-state index in [2.05, 4.69) is 18.4 Å². The van der Waals surface area contributed by atoms with Crippen molar-refractivity contribution in [2.75, 3.05) is 19.7 Å². The summed E-state index contributed by atoms with van der Waals surface area (Å²) in [5.74, 6) is 0.563. The van der Waals surface area contributed by atoms with Gasteiger partial charge >= 0.3 is 0 Å². The maximum atomic E-state index is 11.4. The fourth-order valence-corrected chi connectivity index (χ4v) is 1.82. The summed E-state index contributed by atoms with van der Waals surface area (Å²) in [6.07, 6.45) is 2.14. The molecule has 1 fully saturated rings. The van der Waals surface area contributed by atoms with Crippen LogP contribution in [0.25, 0.3) is 0 Å². The maximum absolute atomic E-state index is 11.4. The van der Waals surface area contributed by atoms with Crippen LogP contribution < -0.4 is 0 Å². The summed E-state index contributed by atoms with van der Waals surface area (Å²) in [7, 11) is 0. The molecule has 2 atom stereocenters. The first kappa shape index (κ1) is 11.2. The number of hydrogen-bond donors (Lipinski definition) is 0. The second-order valence-corrected chi connectivity index (χ2v) is 3.95. The number of ether oxygens (including phenoxy) is 1. The van der Waals surface area contributed by atoms with Gasteiger partial charge in [0.15, 0.2) is 0 Å². The van der Waals surface area contributed by atoms with E-state index in [1.54, 1.807) is 0 Å². The number of piperidine rings is 1. The number of carbonyl (C=O) groups is 1. The van der Waals surface area contributed by atoms with Gasteiger partial charge in [-0.15, -0.1) is 0 Å². The summed E-state index contributed by atoms with van der Waals surface area (Å²) >= 11 is 0. The first-order valence-corrected chi connectivity index (χ1v) is 5.14. The molecule has 3 heteroatoms. The molecule has 0 aromatic rings. The molecule has 1 rings (SSSR count). The largest absolute Gasteiger partial charge is 0.500 e. The zero-order valence-corrected chi connectivity index (χ0v) is 9.03. The Labute approximate surface area is 85.7 Å². The molecular formula is C11H19NO2. The van der Waals surface area contributed by atoms with Crippen LogP contribution in [0.1, 0.15) is 20.3 Å². The number of carbonyl (C=O) groups excluding carboxylic acids is 1. The number of ketones is 1. The number of Topliss-reactive ketones (excluding diaryl/α,β-unsaturated/α-hetero) is 1. The van der Waals surface area contributed by atoms with Crippen LogP contribution in [0.2, 0.25) is 0 Å². The van der Waals surface area contributed by atoms with Crippen molar-refractivity contribution in [1.82, 2.24) is 4.90 Å². The van der Waals surface area contributed by atoms with Gasteiger partial charge in [0.2, 0.25) is 0 Å².